The number of imidazole rings is 1. The molecule has 2 saturated heterocycles. The smallest absolute Gasteiger partial charge is 0.319 e. The molecular weight excluding hydrogens is 318 g/mol. The van der Waals surface area contributed by atoms with Gasteiger partial charge in [0.05, 0.1) is 0 Å². The molecule has 3 amide bonds. The first-order valence-corrected chi connectivity index (χ1v) is 9.19. The number of rotatable bonds is 2. The summed E-state index contributed by atoms with van der Waals surface area (Å²) in [5.41, 5.74) is 0. The van der Waals surface area contributed by atoms with Gasteiger partial charge in [0.25, 0.3) is 0 Å². The Kier molecular flexibility index (Phi) is 5.30. The molecule has 7 heteroatoms. The molecule has 7 nitrogen and oxygen atoms in total. The van der Waals surface area contributed by atoms with Gasteiger partial charge in [-0.1, -0.05) is 0 Å². The number of aryl methyl sites for hydroxylation is 1. The van der Waals surface area contributed by atoms with Gasteiger partial charge >= 0.3 is 6.03 Å². The predicted octanol–water partition coefficient (Wildman–Crippen LogP) is 1.52. The molecule has 0 radical (unpaired) electrons. The first kappa shape index (κ1) is 17.8. The average Bonchev–Trinajstić information content (AvgIpc) is 3.06. The van der Waals surface area contributed by atoms with Crippen molar-refractivity contribution in [2.45, 2.75) is 31.6 Å². The number of likely N-dealkylation sites (tertiary alicyclic amines) is 2. The van der Waals surface area contributed by atoms with Gasteiger partial charge in [-0.05, 0) is 25.7 Å². The minimum absolute atomic E-state index is 0.0405. The van der Waals surface area contributed by atoms with E-state index in [9.17, 15) is 9.59 Å². The van der Waals surface area contributed by atoms with E-state index in [0.29, 0.717) is 19.0 Å². The Morgan fingerprint density at radius 2 is 1.84 bits per heavy atom. The second kappa shape index (κ2) is 7.45. The van der Waals surface area contributed by atoms with Crippen LogP contribution in [0, 0.1) is 5.92 Å². The van der Waals surface area contributed by atoms with E-state index < -0.39 is 0 Å². The highest BCUT2D eigenvalue weighted by atomic mass is 16.2. The van der Waals surface area contributed by atoms with E-state index in [1.165, 1.54) is 0 Å². The molecule has 1 unspecified atom stereocenters. The summed E-state index contributed by atoms with van der Waals surface area (Å²) in [6.45, 7) is 2.95. The summed E-state index contributed by atoms with van der Waals surface area (Å²) in [4.78, 5) is 34.9. The number of nitrogens with zero attached hydrogens (tertiary/aromatic N) is 5. The largest absolute Gasteiger partial charge is 0.342 e. The number of hydrogen-bond donors (Lipinski definition) is 0. The molecule has 1 aromatic rings. The Morgan fingerprint density at radius 1 is 1.12 bits per heavy atom. The van der Waals surface area contributed by atoms with E-state index in [-0.39, 0.29) is 17.9 Å². The molecule has 2 fully saturated rings. The topological polar surface area (TPSA) is 61.7 Å². The fourth-order valence-corrected chi connectivity index (χ4v) is 4.02. The average molecular weight is 347 g/mol. The highest BCUT2D eigenvalue weighted by Gasteiger charge is 2.33. The van der Waals surface area contributed by atoms with Crippen LogP contribution in [0.4, 0.5) is 4.79 Å². The van der Waals surface area contributed by atoms with Gasteiger partial charge < -0.3 is 19.3 Å². The van der Waals surface area contributed by atoms with Gasteiger partial charge in [-0.2, -0.15) is 0 Å². The van der Waals surface area contributed by atoms with Gasteiger partial charge in [0.2, 0.25) is 5.91 Å². The zero-order chi connectivity index (χ0) is 18.0. The Morgan fingerprint density at radius 3 is 2.44 bits per heavy atom. The number of hydrogen-bond acceptors (Lipinski definition) is 3. The van der Waals surface area contributed by atoms with Gasteiger partial charge in [-0.25, -0.2) is 9.78 Å². The normalized spacial score (nSPS) is 22.1. The third-order valence-corrected chi connectivity index (χ3v) is 5.45. The second-order valence-electron chi connectivity index (χ2n) is 7.46. The number of carbonyl (C=O) groups excluding carboxylic acids is 2. The summed E-state index contributed by atoms with van der Waals surface area (Å²) in [6.07, 6.45) is 7.44. The van der Waals surface area contributed by atoms with E-state index in [1.54, 1.807) is 19.0 Å². The minimum Gasteiger partial charge on any atom is -0.342 e. The van der Waals surface area contributed by atoms with Crippen molar-refractivity contribution in [2.75, 3.05) is 40.3 Å². The molecule has 1 aromatic heterocycles. The molecule has 0 N–H and O–H groups in total. The van der Waals surface area contributed by atoms with Crippen molar-refractivity contribution in [3.63, 3.8) is 0 Å². The van der Waals surface area contributed by atoms with Crippen LogP contribution in [0.2, 0.25) is 0 Å². The van der Waals surface area contributed by atoms with Crippen LogP contribution in [0.1, 0.15) is 37.4 Å². The van der Waals surface area contributed by atoms with Crippen molar-refractivity contribution < 1.29 is 9.59 Å². The standard InChI is InChI=1S/C18H29N5O2/c1-20(2)18(25)22-10-6-14(7-11-22)17(24)23-9-4-5-15(13-23)16-19-8-12-21(16)3/h8,12,14-15H,4-7,9-11,13H2,1-3H3. The number of carbonyl (C=O) groups is 2. The van der Waals surface area contributed by atoms with Crippen LogP contribution < -0.4 is 0 Å². The van der Waals surface area contributed by atoms with Crippen molar-refractivity contribution in [1.82, 2.24) is 24.3 Å². The summed E-state index contributed by atoms with van der Waals surface area (Å²) in [6, 6.07) is 0.0405. The number of amides is 3. The molecule has 138 valence electrons. The maximum Gasteiger partial charge on any atom is 0.319 e. The summed E-state index contributed by atoms with van der Waals surface area (Å²) >= 11 is 0. The SMILES string of the molecule is CN(C)C(=O)N1CCC(C(=O)N2CCCC(c3nccn3C)C2)CC1. The molecule has 3 heterocycles. The van der Waals surface area contributed by atoms with Crippen LogP contribution in [-0.4, -0.2) is 76.5 Å². The van der Waals surface area contributed by atoms with Gasteiger partial charge in [0.15, 0.2) is 0 Å². The third-order valence-electron chi connectivity index (χ3n) is 5.45. The Balaban J connectivity index is 1.56. The molecule has 0 spiro atoms. The lowest BCUT2D eigenvalue weighted by Crippen LogP contribution is -2.48. The van der Waals surface area contributed by atoms with Crippen molar-refractivity contribution in [3.05, 3.63) is 18.2 Å². The zero-order valence-corrected chi connectivity index (χ0v) is 15.5. The summed E-state index contributed by atoms with van der Waals surface area (Å²) in [5, 5.41) is 0. The molecule has 0 aliphatic carbocycles. The Labute approximate surface area is 149 Å². The number of urea groups is 1. The van der Waals surface area contributed by atoms with Gasteiger partial charge in [-0.3, -0.25) is 4.79 Å². The minimum atomic E-state index is 0.0405. The van der Waals surface area contributed by atoms with Crippen LogP contribution in [0.15, 0.2) is 12.4 Å². The van der Waals surface area contributed by atoms with E-state index in [1.807, 2.05) is 29.2 Å². The highest BCUT2D eigenvalue weighted by molar-refractivity contribution is 5.80. The monoisotopic (exact) mass is 347 g/mol. The Hall–Kier alpha value is -2.05. The van der Waals surface area contributed by atoms with Gasteiger partial charge in [-0.15, -0.1) is 0 Å². The third kappa shape index (κ3) is 3.80. The second-order valence-corrected chi connectivity index (χ2v) is 7.46. The number of aromatic nitrogens is 2. The molecule has 2 aliphatic rings. The highest BCUT2D eigenvalue weighted by Crippen LogP contribution is 2.28. The van der Waals surface area contributed by atoms with Gasteiger partial charge in [0.1, 0.15) is 5.82 Å². The van der Waals surface area contributed by atoms with Crippen LogP contribution >= 0.6 is 0 Å². The molecule has 2 aliphatic heterocycles. The maximum atomic E-state index is 12.9. The summed E-state index contributed by atoms with van der Waals surface area (Å²) < 4.78 is 2.06. The van der Waals surface area contributed by atoms with E-state index in [4.69, 9.17) is 0 Å². The number of piperidine rings is 2. The lowest BCUT2D eigenvalue weighted by atomic mass is 9.92. The van der Waals surface area contributed by atoms with Crippen molar-refractivity contribution in [3.8, 4) is 0 Å². The molecule has 0 aromatic carbocycles. The quantitative estimate of drug-likeness (QED) is 0.815. The van der Waals surface area contributed by atoms with Crippen LogP contribution in [-0.2, 0) is 11.8 Å². The first-order chi connectivity index (χ1) is 12.0. The van der Waals surface area contributed by atoms with E-state index in [2.05, 4.69) is 9.55 Å². The molecular formula is C18H29N5O2. The Bertz CT molecular complexity index is 619. The molecule has 1 atom stereocenters. The maximum absolute atomic E-state index is 12.9. The molecule has 3 rings (SSSR count). The van der Waals surface area contributed by atoms with E-state index >= 15 is 0 Å². The summed E-state index contributed by atoms with van der Waals surface area (Å²) in [7, 11) is 5.55. The van der Waals surface area contributed by atoms with Crippen LogP contribution in [0.25, 0.3) is 0 Å². The van der Waals surface area contributed by atoms with Crippen molar-refractivity contribution in [2.24, 2.45) is 13.0 Å². The first-order valence-electron chi connectivity index (χ1n) is 9.19. The fourth-order valence-electron chi connectivity index (χ4n) is 4.02. The zero-order valence-electron chi connectivity index (χ0n) is 15.5. The molecule has 0 bridgehead atoms. The lowest BCUT2D eigenvalue weighted by Gasteiger charge is -2.38. The van der Waals surface area contributed by atoms with Crippen LogP contribution in [0.5, 0.6) is 0 Å². The van der Waals surface area contributed by atoms with Crippen LogP contribution in [0.3, 0.4) is 0 Å². The lowest BCUT2D eigenvalue weighted by molar-refractivity contribution is -0.138. The van der Waals surface area contributed by atoms with Crippen molar-refractivity contribution >= 4 is 11.9 Å². The predicted molar refractivity (Wildman–Crippen MR) is 95.1 cm³/mol. The van der Waals surface area contributed by atoms with Crippen molar-refractivity contribution in [1.29, 1.82) is 0 Å². The molecule has 0 saturated carbocycles. The fraction of sp³-hybridized carbons (Fsp3) is 0.722. The molecule has 25 heavy (non-hydrogen) atoms. The van der Waals surface area contributed by atoms with E-state index in [0.717, 1.165) is 44.6 Å². The van der Waals surface area contributed by atoms with Gasteiger partial charge in [0, 0.05) is 71.6 Å². The summed E-state index contributed by atoms with van der Waals surface area (Å²) in [5.74, 6) is 1.71.